The Morgan fingerprint density at radius 1 is 1.38 bits per heavy atom. The molecule has 0 aliphatic carbocycles. The van der Waals surface area contributed by atoms with Crippen LogP contribution in [-0.2, 0) is 9.30 Å². The fraction of sp³-hybridized carbons (Fsp3) is 1.00. The minimum absolute atomic E-state index is 0.00667. The van der Waals surface area contributed by atoms with Crippen LogP contribution in [-0.4, -0.2) is 45.4 Å². The summed E-state index contributed by atoms with van der Waals surface area (Å²) in [6, 6.07) is 0. The number of hydrogen-bond acceptors (Lipinski definition) is 4. The predicted octanol–water partition coefficient (Wildman–Crippen LogP) is -0.875. The first-order valence-corrected chi connectivity index (χ1v) is 5.02. The van der Waals surface area contributed by atoms with Gasteiger partial charge in [-0.1, -0.05) is 0 Å². The summed E-state index contributed by atoms with van der Waals surface area (Å²) in [6.07, 6.45) is -0.612. The Kier molecular flexibility index (Phi) is 12.1. The standard InChI is InChI=1S/C6H14O3.H3O3P/c1-5(8)4-9-6(2)3-7;1-4(2)3/h5-8H,3-4H2,1-2H3;4H,(H2,1,2,3). The summed E-state index contributed by atoms with van der Waals surface area (Å²) >= 11 is 0. The van der Waals surface area contributed by atoms with E-state index in [9.17, 15) is 0 Å². The summed E-state index contributed by atoms with van der Waals surface area (Å²) in [5, 5.41) is 17.1. The van der Waals surface area contributed by atoms with Crippen LogP contribution in [0, 0.1) is 0 Å². The highest BCUT2D eigenvalue weighted by Crippen LogP contribution is 1.98. The zero-order valence-corrected chi connectivity index (χ0v) is 8.67. The molecule has 0 spiro atoms. The first-order valence-electron chi connectivity index (χ1n) is 3.72. The van der Waals surface area contributed by atoms with E-state index in [1.54, 1.807) is 13.8 Å². The zero-order valence-electron chi connectivity index (χ0n) is 7.67. The third-order valence-electron chi connectivity index (χ3n) is 0.879. The molecule has 2 unspecified atom stereocenters. The van der Waals surface area contributed by atoms with Crippen LogP contribution in [0.5, 0.6) is 0 Å². The van der Waals surface area contributed by atoms with Crippen LogP contribution in [0.1, 0.15) is 13.8 Å². The van der Waals surface area contributed by atoms with Crippen molar-refractivity contribution in [2.45, 2.75) is 26.1 Å². The molecule has 0 aliphatic rings. The van der Waals surface area contributed by atoms with Crippen molar-refractivity contribution in [3.8, 4) is 0 Å². The maximum absolute atomic E-state index is 8.74. The van der Waals surface area contributed by atoms with E-state index in [4.69, 9.17) is 29.3 Å². The quantitative estimate of drug-likeness (QED) is 0.455. The van der Waals surface area contributed by atoms with Crippen LogP contribution in [0.4, 0.5) is 0 Å². The lowest BCUT2D eigenvalue weighted by atomic mass is 10.4. The van der Waals surface area contributed by atoms with Crippen molar-refractivity contribution in [3.05, 3.63) is 0 Å². The molecule has 0 saturated heterocycles. The lowest BCUT2D eigenvalue weighted by molar-refractivity contribution is -0.0177. The molecule has 0 aromatic heterocycles. The molecule has 2 atom stereocenters. The van der Waals surface area contributed by atoms with Gasteiger partial charge in [-0.25, -0.2) is 0 Å². The number of ether oxygens (including phenoxy) is 1. The first-order chi connectivity index (χ1) is 5.90. The molecule has 0 heterocycles. The third kappa shape index (κ3) is 24.5. The molecule has 0 saturated carbocycles. The van der Waals surface area contributed by atoms with E-state index in [0.29, 0.717) is 6.61 Å². The molecule has 82 valence electrons. The monoisotopic (exact) mass is 216 g/mol. The van der Waals surface area contributed by atoms with Crippen LogP contribution >= 0.6 is 8.25 Å². The topological polar surface area (TPSA) is 107 Å². The number of aliphatic hydroxyl groups excluding tert-OH is 2. The Hall–Kier alpha value is 0.0300. The molecule has 0 rings (SSSR count). The Balaban J connectivity index is 0. The van der Waals surface area contributed by atoms with Crippen LogP contribution in [0.15, 0.2) is 0 Å². The highest BCUT2D eigenvalue weighted by atomic mass is 31.1. The summed E-state index contributed by atoms with van der Waals surface area (Å²) in [6.45, 7) is 3.70. The maximum atomic E-state index is 8.74. The Labute approximate surface area is 77.7 Å². The van der Waals surface area contributed by atoms with Crippen molar-refractivity contribution in [1.29, 1.82) is 0 Å². The Bertz CT molecular complexity index is 124. The minimum atomic E-state index is -3.13. The van der Waals surface area contributed by atoms with Gasteiger partial charge in [-0.3, -0.25) is 4.57 Å². The van der Waals surface area contributed by atoms with Crippen LogP contribution in [0.2, 0.25) is 0 Å². The van der Waals surface area contributed by atoms with Gasteiger partial charge in [-0.15, -0.1) is 0 Å². The highest BCUT2D eigenvalue weighted by Gasteiger charge is 2.00. The van der Waals surface area contributed by atoms with Gasteiger partial charge >= 0.3 is 8.25 Å². The molecule has 0 aliphatic heterocycles. The average Bonchev–Trinajstić information content (AvgIpc) is 1.99. The van der Waals surface area contributed by atoms with Gasteiger partial charge in [-0.2, -0.15) is 0 Å². The average molecular weight is 216 g/mol. The van der Waals surface area contributed by atoms with Gasteiger partial charge in [-0.05, 0) is 13.8 Å². The highest BCUT2D eigenvalue weighted by molar-refractivity contribution is 7.30. The normalized spacial score (nSPS) is 14.7. The summed E-state index contributed by atoms with van der Waals surface area (Å²) < 4.78 is 13.7. The number of aliphatic hydroxyl groups is 2. The van der Waals surface area contributed by atoms with E-state index in [1.165, 1.54) is 0 Å². The first kappa shape index (κ1) is 15.5. The van der Waals surface area contributed by atoms with Gasteiger partial charge < -0.3 is 24.7 Å². The molecule has 0 aromatic carbocycles. The van der Waals surface area contributed by atoms with E-state index in [-0.39, 0.29) is 12.7 Å². The third-order valence-corrected chi connectivity index (χ3v) is 0.879. The van der Waals surface area contributed by atoms with Gasteiger partial charge in [0.2, 0.25) is 0 Å². The van der Waals surface area contributed by atoms with Crippen molar-refractivity contribution in [3.63, 3.8) is 0 Å². The fourth-order valence-electron chi connectivity index (χ4n) is 0.356. The van der Waals surface area contributed by atoms with Crippen LogP contribution in [0.3, 0.4) is 0 Å². The zero-order chi connectivity index (χ0) is 10.9. The van der Waals surface area contributed by atoms with Crippen molar-refractivity contribution in [1.82, 2.24) is 0 Å². The molecular weight excluding hydrogens is 199 g/mol. The molecule has 0 radical (unpaired) electrons. The van der Waals surface area contributed by atoms with Gasteiger partial charge in [0.15, 0.2) is 0 Å². The molecule has 6 nitrogen and oxygen atoms in total. The van der Waals surface area contributed by atoms with E-state index < -0.39 is 14.4 Å². The molecule has 0 bridgehead atoms. The van der Waals surface area contributed by atoms with Gasteiger partial charge in [0.25, 0.3) is 0 Å². The van der Waals surface area contributed by atoms with Crippen molar-refractivity contribution < 1.29 is 29.3 Å². The van der Waals surface area contributed by atoms with Crippen molar-refractivity contribution in [2.24, 2.45) is 0 Å². The Morgan fingerprint density at radius 3 is 2.00 bits per heavy atom. The van der Waals surface area contributed by atoms with Gasteiger partial charge in [0.1, 0.15) is 0 Å². The number of hydrogen-bond donors (Lipinski definition) is 4. The van der Waals surface area contributed by atoms with E-state index in [2.05, 4.69) is 0 Å². The second-order valence-electron chi connectivity index (χ2n) is 2.46. The minimum Gasteiger partial charge on any atom is -0.394 e. The molecule has 0 amide bonds. The maximum Gasteiger partial charge on any atom is 0.314 e. The van der Waals surface area contributed by atoms with Crippen molar-refractivity contribution in [2.75, 3.05) is 13.2 Å². The van der Waals surface area contributed by atoms with E-state index in [0.717, 1.165) is 0 Å². The SMILES string of the molecule is CC(O)COC(C)CO.O=[PH](O)O. The number of rotatable bonds is 4. The van der Waals surface area contributed by atoms with Gasteiger partial charge in [0.05, 0.1) is 25.4 Å². The van der Waals surface area contributed by atoms with Crippen molar-refractivity contribution >= 4 is 8.25 Å². The summed E-state index contributed by atoms with van der Waals surface area (Å²) in [5.74, 6) is 0. The molecule has 4 N–H and O–H groups in total. The molecule has 7 heteroatoms. The molecule has 0 fully saturated rings. The summed E-state index contributed by atoms with van der Waals surface area (Å²) in [4.78, 5) is 14.3. The van der Waals surface area contributed by atoms with E-state index >= 15 is 0 Å². The summed E-state index contributed by atoms with van der Waals surface area (Å²) in [5.41, 5.74) is 0. The van der Waals surface area contributed by atoms with Gasteiger partial charge in [0, 0.05) is 0 Å². The second kappa shape index (κ2) is 10.1. The van der Waals surface area contributed by atoms with Crippen LogP contribution < -0.4 is 0 Å². The fourth-order valence-corrected chi connectivity index (χ4v) is 0.356. The predicted molar refractivity (Wildman–Crippen MR) is 47.6 cm³/mol. The lowest BCUT2D eigenvalue weighted by Gasteiger charge is -2.10. The second-order valence-corrected chi connectivity index (χ2v) is 3.02. The van der Waals surface area contributed by atoms with Crippen LogP contribution in [0.25, 0.3) is 0 Å². The molecular formula is C6H17O6P. The summed E-state index contributed by atoms with van der Waals surface area (Å²) in [7, 11) is -3.13. The Morgan fingerprint density at radius 2 is 1.77 bits per heavy atom. The molecule has 13 heavy (non-hydrogen) atoms. The largest absolute Gasteiger partial charge is 0.394 e. The smallest absolute Gasteiger partial charge is 0.314 e. The lowest BCUT2D eigenvalue weighted by Crippen LogP contribution is -2.19. The van der Waals surface area contributed by atoms with E-state index in [1.807, 2.05) is 0 Å². The molecule has 0 aromatic rings.